The van der Waals surface area contributed by atoms with E-state index in [1.54, 1.807) is 6.07 Å². The van der Waals surface area contributed by atoms with Gasteiger partial charge in [-0.25, -0.2) is 4.39 Å². The fourth-order valence-electron chi connectivity index (χ4n) is 3.69. The molecule has 1 N–H and O–H groups in total. The Morgan fingerprint density at radius 1 is 1.30 bits per heavy atom. The van der Waals surface area contributed by atoms with Crippen LogP contribution in [0.5, 0.6) is 5.75 Å². The predicted octanol–water partition coefficient (Wildman–Crippen LogP) is 4.46. The second-order valence-electron chi connectivity index (χ2n) is 5.78. The third-order valence-corrected chi connectivity index (χ3v) is 4.85. The van der Waals surface area contributed by atoms with Gasteiger partial charge in [-0.15, -0.1) is 0 Å². The van der Waals surface area contributed by atoms with Crippen molar-refractivity contribution in [2.24, 2.45) is 5.41 Å². The van der Waals surface area contributed by atoms with Crippen molar-refractivity contribution in [3.05, 3.63) is 29.6 Å². The molecule has 0 amide bonds. The van der Waals surface area contributed by atoms with E-state index in [-0.39, 0.29) is 17.3 Å². The molecule has 1 aromatic rings. The summed E-state index contributed by atoms with van der Waals surface area (Å²) in [5.41, 5.74) is 0.943. The van der Waals surface area contributed by atoms with Gasteiger partial charge in [0.15, 0.2) is 11.6 Å². The highest BCUT2D eigenvalue weighted by molar-refractivity contribution is 5.34. The normalized spacial score (nSPS) is 19.0. The molecule has 1 aliphatic carbocycles. The molecule has 0 radical (unpaired) electrons. The average Bonchev–Trinajstić information content (AvgIpc) is 2.95. The Labute approximate surface area is 121 Å². The van der Waals surface area contributed by atoms with E-state index in [9.17, 15) is 4.39 Å². The van der Waals surface area contributed by atoms with Crippen LogP contribution in [0.1, 0.15) is 57.6 Å². The fraction of sp³-hybridized carbons (Fsp3) is 0.647. The largest absolute Gasteiger partial charge is 0.494 e. The Morgan fingerprint density at radius 3 is 2.55 bits per heavy atom. The first-order valence-corrected chi connectivity index (χ1v) is 7.74. The first-order chi connectivity index (χ1) is 9.68. The molecule has 3 heteroatoms. The lowest BCUT2D eigenvalue weighted by atomic mass is 9.73. The molecule has 1 atom stereocenters. The summed E-state index contributed by atoms with van der Waals surface area (Å²) in [6, 6.07) is 5.56. The van der Waals surface area contributed by atoms with Crippen molar-refractivity contribution in [3.8, 4) is 5.75 Å². The molecule has 112 valence electrons. The standard InChI is InChI=1S/C17H26FNO/c1-4-17(11-6-7-12-17)16(19-5-2)13-9-8-10-14(20-3)15(13)18/h8-10,16,19H,4-7,11-12H2,1-3H3. The number of ether oxygens (including phenoxy) is 1. The summed E-state index contributed by atoms with van der Waals surface area (Å²) in [5.74, 6) is 0.135. The summed E-state index contributed by atoms with van der Waals surface area (Å²) in [7, 11) is 1.52. The molecule has 0 aromatic heterocycles. The lowest BCUT2D eigenvalue weighted by Gasteiger charge is -2.38. The lowest BCUT2D eigenvalue weighted by Crippen LogP contribution is -2.36. The third kappa shape index (κ3) is 2.69. The maximum Gasteiger partial charge on any atom is 0.169 e. The van der Waals surface area contributed by atoms with Crippen LogP contribution in [0.2, 0.25) is 0 Å². The van der Waals surface area contributed by atoms with Crippen molar-refractivity contribution in [2.75, 3.05) is 13.7 Å². The molecule has 0 bridgehead atoms. The highest BCUT2D eigenvalue weighted by atomic mass is 19.1. The smallest absolute Gasteiger partial charge is 0.169 e. The maximum atomic E-state index is 14.6. The quantitative estimate of drug-likeness (QED) is 0.830. The molecular formula is C17H26FNO. The second-order valence-corrected chi connectivity index (χ2v) is 5.78. The molecule has 2 rings (SSSR count). The van der Waals surface area contributed by atoms with E-state index < -0.39 is 0 Å². The molecule has 1 fully saturated rings. The van der Waals surface area contributed by atoms with Crippen molar-refractivity contribution in [3.63, 3.8) is 0 Å². The van der Waals surface area contributed by atoms with E-state index in [0.29, 0.717) is 5.75 Å². The minimum atomic E-state index is -0.208. The molecule has 1 unspecified atom stereocenters. The zero-order valence-corrected chi connectivity index (χ0v) is 12.8. The Balaban J connectivity index is 2.42. The molecule has 20 heavy (non-hydrogen) atoms. The van der Waals surface area contributed by atoms with Gasteiger partial charge in [0.25, 0.3) is 0 Å². The number of rotatable bonds is 6. The van der Waals surface area contributed by atoms with Crippen molar-refractivity contribution in [1.29, 1.82) is 0 Å². The molecule has 0 aliphatic heterocycles. The van der Waals surface area contributed by atoms with Crippen LogP contribution in [0.3, 0.4) is 0 Å². The van der Waals surface area contributed by atoms with Gasteiger partial charge in [-0.05, 0) is 37.3 Å². The maximum absolute atomic E-state index is 14.6. The molecule has 1 aliphatic rings. The highest BCUT2D eigenvalue weighted by Gasteiger charge is 2.41. The first kappa shape index (κ1) is 15.3. The van der Waals surface area contributed by atoms with Crippen molar-refractivity contribution in [2.45, 2.75) is 52.0 Å². The Morgan fingerprint density at radius 2 is 2.00 bits per heavy atom. The van der Waals surface area contributed by atoms with Gasteiger partial charge in [-0.2, -0.15) is 0 Å². The fourth-order valence-corrected chi connectivity index (χ4v) is 3.69. The first-order valence-electron chi connectivity index (χ1n) is 7.74. The van der Waals surface area contributed by atoms with Gasteiger partial charge in [0, 0.05) is 11.6 Å². The predicted molar refractivity (Wildman–Crippen MR) is 80.6 cm³/mol. The summed E-state index contributed by atoms with van der Waals surface area (Å²) in [5, 5.41) is 3.53. The van der Waals surface area contributed by atoms with Crippen molar-refractivity contribution >= 4 is 0 Å². The van der Waals surface area contributed by atoms with Crippen LogP contribution in [0.4, 0.5) is 4.39 Å². The minimum absolute atomic E-state index is 0.0788. The summed E-state index contributed by atoms with van der Waals surface area (Å²) in [6.45, 7) is 5.17. The van der Waals surface area contributed by atoms with Gasteiger partial charge in [0.1, 0.15) is 0 Å². The van der Waals surface area contributed by atoms with E-state index in [1.807, 2.05) is 12.1 Å². The van der Waals surface area contributed by atoms with E-state index in [2.05, 4.69) is 19.2 Å². The molecule has 2 nitrogen and oxygen atoms in total. The number of nitrogens with one attached hydrogen (secondary N) is 1. The zero-order valence-electron chi connectivity index (χ0n) is 12.8. The lowest BCUT2D eigenvalue weighted by molar-refractivity contribution is 0.184. The second kappa shape index (κ2) is 6.57. The molecular weight excluding hydrogens is 253 g/mol. The summed E-state index contributed by atoms with van der Waals surface area (Å²) >= 11 is 0. The van der Waals surface area contributed by atoms with Gasteiger partial charge < -0.3 is 10.1 Å². The van der Waals surface area contributed by atoms with Gasteiger partial charge in [0.05, 0.1) is 7.11 Å². The van der Waals surface area contributed by atoms with Gasteiger partial charge in [-0.3, -0.25) is 0 Å². The number of hydrogen-bond acceptors (Lipinski definition) is 2. The summed E-state index contributed by atoms with van der Waals surface area (Å²) in [4.78, 5) is 0. The van der Waals surface area contributed by atoms with Crippen LogP contribution in [0.25, 0.3) is 0 Å². The number of hydrogen-bond donors (Lipinski definition) is 1. The SMILES string of the molecule is CCNC(c1cccc(OC)c1F)C1(CC)CCCC1. The zero-order chi connectivity index (χ0) is 14.6. The monoisotopic (exact) mass is 279 g/mol. The van der Waals surface area contributed by atoms with Gasteiger partial charge >= 0.3 is 0 Å². The van der Waals surface area contributed by atoms with Gasteiger partial charge in [-0.1, -0.05) is 38.8 Å². The van der Waals surface area contributed by atoms with Crippen LogP contribution in [0, 0.1) is 11.2 Å². The topological polar surface area (TPSA) is 21.3 Å². The summed E-state index contributed by atoms with van der Waals surface area (Å²) < 4.78 is 19.8. The van der Waals surface area contributed by atoms with Crippen molar-refractivity contribution in [1.82, 2.24) is 5.32 Å². The van der Waals surface area contributed by atoms with E-state index >= 15 is 0 Å². The van der Waals surface area contributed by atoms with Crippen molar-refractivity contribution < 1.29 is 9.13 Å². The molecule has 0 saturated heterocycles. The highest BCUT2D eigenvalue weighted by Crippen LogP contribution is 2.50. The molecule has 0 spiro atoms. The van der Waals surface area contributed by atoms with Crippen LogP contribution >= 0.6 is 0 Å². The average molecular weight is 279 g/mol. The number of halogens is 1. The Bertz CT molecular complexity index is 441. The van der Waals surface area contributed by atoms with E-state index in [0.717, 1.165) is 18.5 Å². The molecule has 1 aromatic carbocycles. The number of benzene rings is 1. The van der Waals surface area contributed by atoms with Crippen LogP contribution in [0.15, 0.2) is 18.2 Å². The third-order valence-electron chi connectivity index (χ3n) is 4.85. The van der Waals surface area contributed by atoms with Crippen LogP contribution in [-0.2, 0) is 0 Å². The molecule has 0 heterocycles. The van der Waals surface area contributed by atoms with E-state index in [4.69, 9.17) is 4.74 Å². The molecule has 1 saturated carbocycles. The van der Waals surface area contributed by atoms with Gasteiger partial charge in [0.2, 0.25) is 0 Å². The number of methoxy groups -OCH3 is 1. The van der Waals surface area contributed by atoms with Crippen LogP contribution < -0.4 is 10.1 Å². The summed E-state index contributed by atoms with van der Waals surface area (Å²) in [6.07, 6.45) is 5.94. The Kier molecular flexibility index (Phi) is 5.03. The van der Waals surface area contributed by atoms with Crippen LogP contribution in [-0.4, -0.2) is 13.7 Å². The minimum Gasteiger partial charge on any atom is -0.494 e. The Hall–Kier alpha value is -1.09. The van der Waals surface area contributed by atoms with E-state index in [1.165, 1.54) is 32.8 Å².